The van der Waals surface area contributed by atoms with Crippen LogP contribution in [0.15, 0.2) is 48.5 Å². The highest BCUT2D eigenvalue weighted by molar-refractivity contribution is 5.67. The third kappa shape index (κ3) is 5.34. The van der Waals surface area contributed by atoms with Gasteiger partial charge in [-0.2, -0.15) is 0 Å². The summed E-state index contributed by atoms with van der Waals surface area (Å²) in [7, 11) is 0. The molecule has 34 heavy (non-hydrogen) atoms. The molecule has 2 aromatic rings. The van der Waals surface area contributed by atoms with Crippen LogP contribution in [0, 0.1) is 23.6 Å². The molecular formula is C33H43F. The Balaban J connectivity index is 1.16. The van der Waals surface area contributed by atoms with Crippen molar-refractivity contribution in [2.24, 2.45) is 17.8 Å². The second-order valence-electron chi connectivity index (χ2n) is 11.7. The SMILES string of the molecule is CCc1ccc(C2CCC(C3CC=C(c4ccc(C5CCC(C)CC5)cc4F)CC3)CC2)cc1. The van der Waals surface area contributed by atoms with Gasteiger partial charge in [-0.15, -0.1) is 0 Å². The Morgan fingerprint density at radius 1 is 0.735 bits per heavy atom. The lowest BCUT2D eigenvalue weighted by Crippen LogP contribution is -2.22. The fourth-order valence-electron chi connectivity index (χ4n) is 7.12. The van der Waals surface area contributed by atoms with Gasteiger partial charge >= 0.3 is 0 Å². The van der Waals surface area contributed by atoms with Crippen LogP contribution < -0.4 is 0 Å². The second-order valence-corrected chi connectivity index (χ2v) is 11.7. The molecule has 0 heterocycles. The monoisotopic (exact) mass is 458 g/mol. The highest BCUT2D eigenvalue weighted by atomic mass is 19.1. The summed E-state index contributed by atoms with van der Waals surface area (Å²) < 4.78 is 15.1. The van der Waals surface area contributed by atoms with Crippen LogP contribution >= 0.6 is 0 Å². The highest BCUT2D eigenvalue weighted by Gasteiger charge is 2.30. The van der Waals surface area contributed by atoms with Gasteiger partial charge in [0.15, 0.2) is 0 Å². The summed E-state index contributed by atoms with van der Waals surface area (Å²) in [6.07, 6.45) is 17.3. The van der Waals surface area contributed by atoms with E-state index >= 15 is 4.39 Å². The summed E-state index contributed by atoms with van der Waals surface area (Å²) in [6.45, 7) is 4.57. The smallest absolute Gasteiger partial charge is 0.130 e. The highest BCUT2D eigenvalue weighted by Crippen LogP contribution is 2.44. The minimum Gasteiger partial charge on any atom is -0.206 e. The first kappa shape index (κ1) is 23.8. The summed E-state index contributed by atoms with van der Waals surface area (Å²) in [5.41, 5.74) is 6.33. The molecule has 182 valence electrons. The zero-order valence-corrected chi connectivity index (χ0v) is 21.4. The van der Waals surface area contributed by atoms with Crippen LogP contribution in [-0.2, 0) is 6.42 Å². The fourth-order valence-corrected chi connectivity index (χ4v) is 7.12. The van der Waals surface area contributed by atoms with Crippen LogP contribution in [0.1, 0.15) is 119 Å². The molecule has 0 aromatic heterocycles. The number of hydrogen-bond acceptors (Lipinski definition) is 0. The lowest BCUT2D eigenvalue weighted by molar-refractivity contribution is 0.220. The normalized spacial score (nSPS) is 30.1. The second kappa shape index (κ2) is 10.8. The van der Waals surface area contributed by atoms with Gasteiger partial charge in [-0.3, -0.25) is 0 Å². The first-order valence-electron chi connectivity index (χ1n) is 14.2. The Kier molecular flexibility index (Phi) is 7.57. The van der Waals surface area contributed by atoms with Crippen molar-refractivity contribution in [2.45, 2.75) is 103 Å². The first-order chi connectivity index (χ1) is 16.6. The van der Waals surface area contributed by atoms with Crippen LogP contribution in [-0.4, -0.2) is 0 Å². The lowest BCUT2D eigenvalue weighted by Gasteiger charge is -2.36. The minimum atomic E-state index is 0.00965. The van der Waals surface area contributed by atoms with E-state index in [1.54, 1.807) is 5.56 Å². The van der Waals surface area contributed by atoms with Crippen molar-refractivity contribution in [3.05, 3.63) is 76.6 Å². The maximum atomic E-state index is 15.1. The average molecular weight is 459 g/mol. The number of aryl methyl sites for hydroxylation is 1. The lowest BCUT2D eigenvalue weighted by atomic mass is 9.70. The van der Waals surface area contributed by atoms with Gasteiger partial charge in [0.05, 0.1) is 0 Å². The minimum absolute atomic E-state index is 0.00965. The van der Waals surface area contributed by atoms with Gasteiger partial charge in [0, 0.05) is 5.56 Å². The van der Waals surface area contributed by atoms with Gasteiger partial charge in [0.1, 0.15) is 5.82 Å². The summed E-state index contributed by atoms with van der Waals surface area (Å²) in [6, 6.07) is 15.5. The van der Waals surface area contributed by atoms with Gasteiger partial charge < -0.3 is 0 Å². The van der Waals surface area contributed by atoms with Gasteiger partial charge in [-0.1, -0.05) is 69.2 Å². The zero-order valence-electron chi connectivity index (χ0n) is 21.4. The van der Waals surface area contributed by atoms with E-state index in [-0.39, 0.29) is 5.82 Å². The molecule has 5 rings (SSSR count). The Morgan fingerprint density at radius 2 is 1.38 bits per heavy atom. The molecule has 0 nitrogen and oxygen atoms in total. The number of halogens is 1. The van der Waals surface area contributed by atoms with Crippen molar-refractivity contribution in [3.8, 4) is 0 Å². The van der Waals surface area contributed by atoms with Gasteiger partial charge in [0.2, 0.25) is 0 Å². The Morgan fingerprint density at radius 3 is 2.00 bits per heavy atom. The number of benzene rings is 2. The van der Waals surface area contributed by atoms with E-state index in [0.29, 0.717) is 5.92 Å². The molecule has 3 aliphatic rings. The van der Waals surface area contributed by atoms with Crippen molar-refractivity contribution in [1.82, 2.24) is 0 Å². The van der Waals surface area contributed by atoms with E-state index in [4.69, 9.17) is 0 Å². The molecule has 1 atom stereocenters. The van der Waals surface area contributed by atoms with E-state index in [0.717, 1.165) is 48.5 Å². The van der Waals surface area contributed by atoms with Crippen molar-refractivity contribution in [1.29, 1.82) is 0 Å². The number of allylic oxidation sites excluding steroid dienone is 2. The fraction of sp³-hybridized carbons (Fsp3) is 0.576. The standard InChI is InChI=1S/C33H43F/c1-3-24-6-10-25(11-7-24)26-12-14-27(15-13-26)28-16-18-30(19-17-28)32-21-20-31(22-33(32)34)29-8-4-23(2)5-9-29/h6-7,10-11,18,20-23,26-29H,3-5,8-9,12-17,19H2,1-2H3. The Hall–Kier alpha value is -1.89. The van der Waals surface area contributed by atoms with Crippen LogP contribution in [0.3, 0.4) is 0 Å². The molecule has 1 unspecified atom stereocenters. The Bertz CT molecular complexity index is 968. The quantitative estimate of drug-likeness (QED) is 0.418. The predicted octanol–water partition coefficient (Wildman–Crippen LogP) is 9.84. The van der Waals surface area contributed by atoms with E-state index in [1.807, 2.05) is 6.07 Å². The van der Waals surface area contributed by atoms with Crippen molar-refractivity contribution >= 4 is 5.57 Å². The van der Waals surface area contributed by atoms with E-state index in [2.05, 4.69) is 56.3 Å². The molecule has 0 amide bonds. The van der Waals surface area contributed by atoms with Gasteiger partial charge in [-0.25, -0.2) is 4.39 Å². The van der Waals surface area contributed by atoms with Crippen LogP contribution in [0.4, 0.5) is 4.39 Å². The average Bonchev–Trinajstić information content (AvgIpc) is 2.89. The third-order valence-corrected chi connectivity index (χ3v) is 9.58. The molecule has 0 N–H and O–H groups in total. The first-order valence-corrected chi connectivity index (χ1v) is 14.2. The molecule has 0 bridgehead atoms. The molecule has 0 aliphatic heterocycles. The van der Waals surface area contributed by atoms with Crippen LogP contribution in [0.2, 0.25) is 0 Å². The summed E-state index contributed by atoms with van der Waals surface area (Å²) in [4.78, 5) is 0. The maximum Gasteiger partial charge on any atom is 0.130 e. The topological polar surface area (TPSA) is 0 Å². The van der Waals surface area contributed by atoms with E-state index in [1.165, 1.54) is 74.5 Å². The molecule has 2 fully saturated rings. The largest absolute Gasteiger partial charge is 0.206 e. The van der Waals surface area contributed by atoms with Crippen molar-refractivity contribution < 1.29 is 4.39 Å². The van der Waals surface area contributed by atoms with E-state index in [9.17, 15) is 0 Å². The molecule has 3 aliphatic carbocycles. The maximum absolute atomic E-state index is 15.1. The number of hydrogen-bond donors (Lipinski definition) is 0. The molecule has 2 aromatic carbocycles. The molecule has 0 spiro atoms. The van der Waals surface area contributed by atoms with Crippen molar-refractivity contribution in [2.75, 3.05) is 0 Å². The predicted molar refractivity (Wildman–Crippen MR) is 143 cm³/mol. The van der Waals surface area contributed by atoms with Crippen molar-refractivity contribution in [3.63, 3.8) is 0 Å². The summed E-state index contributed by atoms with van der Waals surface area (Å²) in [5.74, 6) is 3.79. The number of rotatable bonds is 5. The summed E-state index contributed by atoms with van der Waals surface area (Å²) >= 11 is 0. The zero-order chi connectivity index (χ0) is 23.5. The molecule has 0 radical (unpaired) electrons. The molecular weight excluding hydrogens is 415 g/mol. The van der Waals surface area contributed by atoms with Crippen LogP contribution in [0.5, 0.6) is 0 Å². The summed E-state index contributed by atoms with van der Waals surface area (Å²) in [5, 5.41) is 0. The molecule has 2 saturated carbocycles. The van der Waals surface area contributed by atoms with Gasteiger partial charge in [0.25, 0.3) is 0 Å². The Labute approximate surface area is 207 Å². The van der Waals surface area contributed by atoms with E-state index < -0.39 is 0 Å². The van der Waals surface area contributed by atoms with Gasteiger partial charge in [-0.05, 0) is 122 Å². The molecule has 0 saturated heterocycles. The third-order valence-electron chi connectivity index (χ3n) is 9.58. The van der Waals surface area contributed by atoms with Crippen LogP contribution in [0.25, 0.3) is 5.57 Å². The molecule has 1 heteroatoms.